The summed E-state index contributed by atoms with van der Waals surface area (Å²) in [6.07, 6.45) is 0. The third kappa shape index (κ3) is 8.19. The first-order chi connectivity index (χ1) is 19.5. The fourth-order valence-corrected chi connectivity index (χ4v) is 5.03. The quantitative estimate of drug-likeness (QED) is 0.297. The maximum atomic E-state index is 13.0. The molecule has 0 heterocycles. The van der Waals surface area contributed by atoms with Gasteiger partial charge in [0.05, 0.1) is 42.6 Å². The standard InChI is InChI=1S/C25H28O9S3/c1-19-4-10-23(11-5-19)35(26,27)32-16-22(17-33-36(28,29)24-12-6-20(2)7-13-24)18-34-37(30,31)25-14-8-21(3)9-15-25/h4-15,22H,16-18H2,1-3H3/i16D2,17D2,18D2. The second kappa shape index (κ2) is 11.8. The summed E-state index contributed by atoms with van der Waals surface area (Å²) in [4.78, 5) is -1.82. The molecule has 0 saturated heterocycles. The van der Waals surface area contributed by atoms with Crippen molar-refractivity contribution in [2.45, 2.75) is 35.5 Å². The van der Waals surface area contributed by atoms with Crippen LogP contribution in [0.2, 0.25) is 0 Å². The highest BCUT2D eigenvalue weighted by Gasteiger charge is 2.25. The van der Waals surface area contributed by atoms with E-state index >= 15 is 0 Å². The van der Waals surface area contributed by atoms with Crippen molar-refractivity contribution < 1.29 is 46.0 Å². The molecule has 37 heavy (non-hydrogen) atoms. The van der Waals surface area contributed by atoms with Crippen LogP contribution in [0.1, 0.15) is 24.9 Å². The van der Waals surface area contributed by atoms with Crippen molar-refractivity contribution in [2.24, 2.45) is 5.92 Å². The molecule has 0 aromatic heterocycles. The molecule has 12 heteroatoms. The lowest BCUT2D eigenvalue weighted by Crippen LogP contribution is -2.26. The molecular formula is C25H28O9S3. The third-order valence-electron chi connectivity index (χ3n) is 4.76. The zero-order valence-corrected chi connectivity index (χ0v) is 22.4. The Morgan fingerprint density at radius 3 is 0.946 bits per heavy atom. The van der Waals surface area contributed by atoms with Crippen LogP contribution in [0.5, 0.6) is 0 Å². The predicted molar refractivity (Wildman–Crippen MR) is 136 cm³/mol. The van der Waals surface area contributed by atoms with Gasteiger partial charge in [-0.1, -0.05) is 53.1 Å². The van der Waals surface area contributed by atoms with E-state index in [4.69, 9.17) is 8.22 Å². The molecule has 0 aliphatic rings. The fraction of sp³-hybridized carbons (Fsp3) is 0.280. The van der Waals surface area contributed by atoms with E-state index in [1.54, 1.807) is 20.8 Å². The zero-order valence-electron chi connectivity index (χ0n) is 25.9. The van der Waals surface area contributed by atoms with Crippen molar-refractivity contribution in [3.05, 3.63) is 89.5 Å². The van der Waals surface area contributed by atoms with E-state index in [1.165, 1.54) is 36.4 Å². The molecule has 3 aromatic rings. The lowest BCUT2D eigenvalue weighted by Gasteiger charge is -2.17. The van der Waals surface area contributed by atoms with Crippen LogP contribution < -0.4 is 0 Å². The van der Waals surface area contributed by atoms with Gasteiger partial charge in [0.1, 0.15) is 0 Å². The zero-order chi connectivity index (χ0) is 32.6. The minimum atomic E-state index is -5.12. The van der Waals surface area contributed by atoms with Crippen LogP contribution in [0, 0.1) is 26.7 Å². The Morgan fingerprint density at radius 2 is 0.730 bits per heavy atom. The summed E-state index contributed by atoms with van der Waals surface area (Å²) >= 11 is 0. The smallest absolute Gasteiger partial charge is 0.266 e. The molecule has 0 fully saturated rings. The molecule has 3 aromatic carbocycles. The summed E-state index contributed by atoms with van der Waals surface area (Å²) in [7, 11) is -15.4. The van der Waals surface area contributed by atoms with E-state index in [-0.39, 0.29) is 0 Å². The summed E-state index contributed by atoms with van der Waals surface area (Å²) < 4.78 is 142. The topological polar surface area (TPSA) is 130 Å². The van der Waals surface area contributed by atoms with E-state index in [9.17, 15) is 25.3 Å². The number of benzene rings is 3. The highest BCUT2D eigenvalue weighted by atomic mass is 32.2. The molecule has 0 N–H and O–H groups in total. The Hall–Kier alpha value is -2.61. The van der Waals surface area contributed by atoms with E-state index in [0.717, 1.165) is 36.4 Å². The van der Waals surface area contributed by atoms with Crippen molar-refractivity contribution in [1.29, 1.82) is 0 Å². The van der Waals surface area contributed by atoms with Gasteiger partial charge in [-0.25, -0.2) is 0 Å². The minimum Gasteiger partial charge on any atom is -0.266 e. The Bertz CT molecular complexity index is 1560. The molecule has 0 unspecified atom stereocenters. The van der Waals surface area contributed by atoms with Crippen LogP contribution in [0.3, 0.4) is 0 Å². The lowest BCUT2D eigenvalue weighted by atomic mass is 10.2. The maximum Gasteiger partial charge on any atom is 0.296 e. The SMILES string of the molecule is [2H]C([2H])(OS(=O)(=O)c1ccc(C)cc1)C(C([2H])([2H])OS(=O)(=O)c1ccc(C)cc1)C([2H])([2H])OS(=O)(=O)c1ccc(C)cc1. The predicted octanol–water partition coefficient (Wildman–Crippen LogP) is 3.74. The molecule has 0 radical (unpaired) electrons. The van der Waals surface area contributed by atoms with E-state index in [1.807, 2.05) is 0 Å². The molecule has 0 bridgehead atoms. The second-order valence-corrected chi connectivity index (χ2v) is 12.5. The van der Waals surface area contributed by atoms with Crippen LogP contribution in [0.15, 0.2) is 87.5 Å². The first-order valence-electron chi connectivity index (χ1n) is 13.6. The van der Waals surface area contributed by atoms with Gasteiger partial charge >= 0.3 is 0 Å². The fourth-order valence-electron chi connectivity index (χ4n) is 2.67. The second-order valence-electron chi connectivity index (χ2n) is 7.84. The van der Waals surface area contributed by atoms with E-state index in [2.05, 4.69) is 12.5 Å². The maximum absolute atomic E-state index is 13.0. The van der Waals surface area contributed by atoms with Gasteiger partial charge in [0, 0.05) is 5.92 Å². The van der Waals surface area contributed by atoms with Crippen LogP contribution in [-0.2, 0) is 42.9 Å². The largest absolute Gasteiger partial charge is 0.296 e. The number of aryl methyl sites for hydroxylation is 3. The van der Waals surface area contributed by atoms with Gasteiger partial charge in [0.15, 0.2) is 0 Å². The highest BCUT2D eigenvalue weighted by molar-refractivity contribution is 7.87. The van der Waals surface area contributed by atoms with Crippen LogP contribution in [-0.4, -0.2) is 44.9 Å². The third-order valence-corrected chi connectivity index (χ3v) is 8.25. The average Bonchev–Trinajstić information content (AvgIpc) is 2.82. The summed E-state index contributed by atoms with van der Waals surface area (Å²) in [6.45, 7) is -7.18. The summed E-state index contributed by atoms with van der Waals surface area (Å²) in [5.41, 5.74) is 1.87. The van der Waals surface area contributed by atoms with Crippen molar-refractivity contribution in [3.63, 3.8) is 0 Å². The van der Waals surface area contributed by atoms with Crippen LogP contribution in [0.25, 0.3) is 0 Å². The van der Waals surface area contributed by atoms with Gasteiger partial charge in [-0.2, -0.15) is 25.3 Å². The highest BCUT2D eigenvalue weighted by Crippen LogP contribution is 2.20. The molecule has 0 aliphatic carbocycles. The van der Waals surface area contributed by atoms with Gasteiger partial charge in [-0.05, 0) is 57.2 Å². The molecular weight excluding hydrogens is 540 g/mol. The number of hydrogen-bond donors (Lipinski definition) is 0. The molecule has 0 atom stereocenters. The minimum absolute atomic E-state index is 0.608. The Balaban J connectivity index is 2.13. The first kappa shape index (κ1) is 21.3. The van der Waals surface area contributed by atoms with Crippen molar-refractivity contribution in [2.75, 3.05) is 19.7 Å². The van der Waals surface area contributed by atoms with Crippen LogP contribution >= 0.6 is 0 Å². The monoisotopic (exact) mass is 574 g/mol. The molecule has 0 saturated carbocycles. The molecule has 9 nitrogen and oxygen atoms in total. The summed E-state index contributed by atoms with van der Waals surface area (Å²) in [6, 6.07) is 14.3. The van der Waals surface area contributed by atoms with E-state index in [0.29, 0.717) is 16.7 Å². The van der Waals surface area contributed by atoms with Crippen molar-refractivity contribution in [3.8, 4) is 0 Å². The summed E-state index contributed by atoms with van der Waals surface area (Å²) in [5.74, 6) is -3.33. The Kier molecular flexibility index (Phi) is 6.83. The van der Waals surface area contributed by atoms with Crippen molar-refractivity contribution in [1.82, 2.24) is 0 Å². The number of rotatable bonds is 12. The van der Waals surface area contributed by atoms with Crippen molar-refractivity contribution >= 4 is 30.4 Å². The van der Waals surface area contributed by atoms with Crippen LogP contribution in [0.4, 0.5) is 0 Å². The molecule has 200 valence electrons. The van der Waals surface area contributed by atoms with Gasteiger partial charge < -0.3 is 0 Å². The first-order valence-corrected chi connectivity index (χ1v) is 14.8. The molecule has 0 spiro atoms. The molecule has 3 rings (SSSR count). The molecule has 0 aliphatic heterocycles. The number of hydrogen-bond acceptors (Lipinski definition) is 9. The van der Waals surface area contributed by atoms with Gasteiger partial charge in [-0.3, -0.25) is 12.5 Å². The van der Waals surface area contributed by atoms with Gasteiger partial charge in [0.2, 0.25) is 0 Å². The Morgan fingerprint density at radius 1 is 0.514 bits per heavy atom. The van der Waals surface area contributed by atoms with Gasteiger partial charge in [0.25, 0.3) is 30.4 Å². The van der Waals surface area contributed by atoms with E-state index < -0.39 is 70.6 Å². The summed E-state index contributed by atoms with van der Waals surface area (Å²) in [5, 5.41) is 0. The Labute approximate surface area is 226 Å². The van der Waals surface area contributed by atoms with Gasteiger partial charge in [-0.15, -0.1) is 0 Å². The lowest BCUT2D eigenvalue weighted by molar-refractivity contribution is 0.135. The molecule has 0 amide bonds. The average molecular weight is 575 g/mol. The normalized spacial score (nSPS) is 16.2.